The fraction of sp³-hybridized carbons (Fsp3) is 0.615. The molecule has 0 aromatic carbocycles. The summed E-state index contributed by atoms with van der Waals surface area (Å²) in [5.74, 6) is 0.372. The highest BCUT2D eigenvalue weighted by Gasteiger charge is 2.32. The van der Waals surface area contributed by atoms with Crippen LogP contribution in [0.4, 0.5) is 19.0 Å². The molecule has 0 saturated carbocycles. The van der Waals surface area contributed by atoms with Crippen LogP contribution in [0.2, 0.25) is 0 Å². The van der Waals surface area contributed by atoms with Crippen LogP contribution in [0.1, 0.15) is 18.9 Å². The number of alkyl halides is 3. The van der Waals surface area contributed by atoms with E-state index < -0.39 is 11.7 Å². The summed E-state index contributed by atoms with van der Waals surface area (Å²) in [4.78, 5) is 4.02. The van der Waals surface area contributed by atoms with E-state index in [9.17, 15) is 13.2 Å². The summed E-state index contributed by atoms with van der Waals surface area (Å²) < 4.78 is 49.0. The second-order valence-corrected chi connectivity index (χ2v) is 4.65. The maximum atomic E-state index is 12.8. The van der Waals surface area contributed by atoms with Gasteiger partial charge in [-0.25, -0.2) is 0 Å². The number of halogens is 3. The van der Waals surface area contributed by atoms with Gasteiger partial charge in [0, 0.05) is 25.1 Å². The molecule has 0 aliphatic carbocycles. The molecule has 1 N–H and O–H groups in total. The normalized spacial score (nSPS) is 19.1. The minimum absolute atomic E-state index is 0.0114. The molecule has 1 fully saturated rings. The Morgan fingerprint density at radius 3 is 2.85 bits per heavy atom. The van der Waals surface area contributed by atoms with Crippen molar-refractivity contribution in [2.24, 2.45) is 5.92 Å². The molecule has 1 unspecified atom stereocenters. The Bertz CT molecular complexity index is 446. The molecule has 1 aliphatic rings. The highest BCUT2D eigenvalue weighted by molar-refractivity contribution is 5.42. The number of hydrogen-bond acceptors (Lipinski definition) is 4. The maximum Gasteiger partial charge on any atom is 0.416 e. The number of pyridine rings is 1. The van der Waals surface area contributed by atoms with E-state index in [0.29, 0.717) is 26.4 Å². The predicted octanol–water partition coefficient (Wildman–Crippen LogP) is 2.95. The van der Waals surface area contributed by atoms with Gasteiger partial charge >= 0.3 is 6.18 Å². The molecule has 2 rings (SSSR count). The van der Waals surface area contributed by atoms with E-state index >= 15 is 0 Å². The standard InChI is InChI=1S/C13H17F3N2O2/c1-2-17-11-5-10(13(14,15)16)6-12(18-11)20-8-9-3-4-19-7-9/h5-6,9H,2-4,7-8H2,1H3,(H,17,18). The number of anilines is 1. The third-order valence-electron chi connectivity index (χ3n) is 2.98. The zero-order valence-electron chi connectivity index (χ0n) is 11.2. The number of aromatic nitrogens is 1. The second-order valence-electron chi connectivity index (χ2n) is 4.65. The van der Waals surface area contributed by atoms with Crippen molar-refractivity contribution < 1.29 is 22.6 Å². The molecular weight excluding hydrogens is 273 g/mol. The topological polar surface area (TPSA) is 43.4 Å². The number of ether oxygens (including phenoxy) is 2. The van der Waals surface area contributed by atoms with Crippen molar-refractivity contribution >= 4 is 5.82 Å². The molecule has 7 heteroatoms. The Morgan fingerprint density at radius 1 is 1.45 bits per heavy atom. The van der Waals surface area contributed by atoms with Gasteiger partial charge < -0.3 is 14.8 Å². The molecular formula is C13H17F3N2O2. The number of nitrogens with one attached hydrogen (secondary N) is 1. The third-order valence-corrected chi connectivity index (χ3v) is 2.98. The fourth-order valence-electron chi connectivity index (χ4n) is 1.93. The van der Waals surface area contributed by atoms with E-state index in [1.165, 1.54) is 0 Å². The summed E-state index contributed by atoms with van der Waals surface area (Å²) in [7, 11) is 0. The van der Waals surface area contributed by atoms with Gasteiger partial charge in [0.15, 0.2) is 0 Å². The van der Waals surface area contributed by atoms with Gasteiger partial charge in [-0.3, -0.25) is 0 Å². The zero-order chi connectivity index (χ0) is 14.6. The lowest BCUT2D eigenvalue weighted by molar-refractivity contribution is -0.137. The van der Waals surface area contributed by atoms with Crippen LogP contribution < -0.4 is 10.1 Å². The van der Waals surface area contributed by atoms with E-state index in [-0.39, 0.29) is 17.6 Å². The van der Waals surface area contributed by atoms with Crippen LogP contribution >= 0.6 is 0 Å². The van der Waals surface area contributed by atoms with Crippen LogP contribution in [0.25, 0.3) is 0 Å². The molecule has 1 atom stereocenters. The summed E-state index contributed by atoms with van der Waals surface area (Å²) in [5, 5.41) is 2.77. The van der Waals surface area contributed by atoms with Gasteiger partial charge in [0.05, 0.1) is 18.8 Å². The zero-order valence-corrected chi connectivity index (χ0v) is 11.2. The highest BCUT2D eigenvalue weighted by Crippen LogP contribution is 2.32. The average Bonchev–Trinajstić information content (AvgIpc) is 2.88. The Morgan fingerprint density at radius 2 is 2.25 bits per heavy atom. The van der Waals surface area contributed by atoms with E-state index in [1.807, 2.05) is 0 Å². The van der Waals surface area contributed by atoms with Crippen LogP contribution in [0.5, 0.6) is 5.88 Å². The van der Waals surface area contributed by atoms with Crippen LogP contribution in [-0.4, -0.2) is 31.3 Å². The molecule has 0 bridgehead atoms. The van der Waals surface area contributed by atoms with E-state index in [2.05, 4.69) is 10.3 Å². The lowest BCUT2D eigenvalue weighted by Gasteiger charge is -2.14. The predicted molar refractivity (Wildman–Crippen MR) is 67.8 cm³/mol. The largest absolute Gasteiger partial charge is 0.477 e. The SMILES string of the molecule is CCNc1cc(C(F)(F)F)cc(OCC2CCOC2)n1. The maximum absolute atomic E-state index is 12.8. The van der Waals surface area contributed by atoms with Crippen molar-refractivity contribution in [2.75, 3.05) is 31.7 Å². The first-order valence-electron chi connectivity index (χ1n) is 6.52. The van der Waals surface area contributed by atoms with Crippen molar-refractivity contribution in [3.63, 3.8) is 0 Å². The number of hydrogen-bond donors (Lipinski definition) is 1. The summed E-state index contributed by atoms with van der Waals surface area (Å²) in [6, 6.07) is 1.91. The molecule has 1 aromatic heterocycles. The number of nitrogens with zero attached hydrogens (tertiary/aromatic N) is 1. The first kappa shape index (κ1) is 14.9. The Kier molecular flexibility index (Phi) is 4.69. The van der Waals surface area contributed by atoms with Gasteiger partial charge in [-0.15, -0.1) is 0 Å². The average molecular weight is 290 g/mol. The first-order chi connectivity index (χ1) is 9.49. The monoisotopic (exact) mass is 290 g/mol. The minimum Gasteiger partial charge on any atom is -0.477 e. The van der Waals surface area contributed by atoms with Gasteiger partial charge in [-0.1, -0.05) is 0 Å². The van der Waals surface area contributed by atoms with Crippen molar-refractivity contribution in [1.82, 2.24) is 4.98 Å². The highest BCUT2D eigenvalue weighted by atomic mass is 19.4. The molecule has 1 aromatic rings. The van der Waals surface area contributed by atoms with E-state index in [4.69, 9.17) is 9.47 Å². The molecule has 0 amide bonds. The first-order valence-corrected chi connectivity index (χ1v) is 6.52. The van der Waals surface area contributed by atoms with Crippen LogP contribution in [0.15, 0.2) is 12.1 Å². The van der Waals surface area contributed by atoms with E-state index in [0.717, 1.165) is 18.6 Å². The molecule has 2 heterocycles. The van der Waals surface area contributed by atoms with Gasteiger partial charge in [0.2, 0.25) is 5.88 Å². The quantitative estimate of drug-likeness (QED) is 0.905. The van der Waals surface area contributed by atoms with E-state index in [1.54, 1.807) is 6.92 Å². The second kappa shape index (κ2) is 6.30. The summed E-state index contributed by atoms with van der Waals surface area (Å²) in [5.41, 5.74) is -0.763. The molecule has 0 radical (unpaired) electrons. The van der Waals surface area contributed by atoms with Crippen LogP contribution in [0.3, 0.4) is 0 Å². The molecule has 1 aliphatic heterocycles. The van der Waals surface area contributed by atoms with Crippen molar-refractivity contribution in [1.29, 1.82) is 0 Å². The summed E-state index contributed by atoms with van der Waals surface area (Å²) in [6.07, 6.45) is -3.55. The fourth-order valence-corrected chi connectivity index (χ4v) is 1.93. The lowest BCUT2D eigenvalue weighted by Crippen LogP contribution is -2.14. The number of rotatable bonds is 5. The van der Waals surface area contributed by atoms with Gasteiger partial charge in [0.1, 0.15) is 5.82 Å². The van der Waals surface area contributed by atoms with Crippen molar-refractivity contribution in [3.05, 3.63) is 17.7 Å². The van der Waals surface area contributed by atoms with Crippen molar-refractivity contribution in [3.8, 4) is 5.88 Å². The Balaban J connectivity index is 2.11. The molecule has 20 heavy (non-hydrogen) atoms. The van der Waals surface area contributed by atoms with Crippen molar-refractivity contribution in [2.45, 2.75) is 19.5 Å². The third kappa shape index (κ3) is 4.00. The smallest absolute Gasteiger partial charge is 0.416 e. The molecule has 4 nitrogen and oxygen atoms in total. The van der Waals surface area contributed by atoms with Gasteiger partial charge in [-0.05, 0) is 19.4 Å². The molecule has 1 saturated heterocycles. The van der Waals surface area contributed by atoms with Gasteiger partial charge in [-0.2, -0.15) is 18.2 Å². The molecule has 112 valence electrons. The van der Waals surface area contributed by atoms with Gasteiger partial charge in [0.25, 0.3) is 0 Å². The lowest BCUT2D eigenvalue weighted by atomic mass is 10.1. The minimum atomic E-state index is -4.41. The van der Waals surface area contributed by atoms with Crippen LogP contribution in [0, 0.1) is 5.92 Å². The summed E-state index contributed by atoms with van der Waals surface area (Å²) >= 11 is 0. The summed E-state index contributed by atoms with van der Waals surface area (Å²) in [6.45, 7) is 3.86. The Hall–Kier alpha value is -1.50. The molecule has 0 spiro atoms. The Labute approximate surface area is 115 Å². The van der Waals surface area contributed by atoms with Crippen LogP contribution in [-0.2, 0) is 10.9 Å².